The predicted octanol–water partition coefficient (Wildman–Crippen LogP) is 2.72. The summed E-state index contributed by atoms with van der Waals surface area (Å²) >= 11 is 0. The summed E-state index contributed by atoms with van der Waals surface area (Å²) in [4.78, 5) is 0. The summed E-state index contributed by atoms with van der Waals surface area (Å²) < 4.78 is 5.72. The summed E-state index contributed by atoms with van der Waals surface area (Å²) in [6.45, 7) is 11.7. The summed E-state index contributed by atoms with van der Waals surface area (Å²) in [5, 5.41) is 12.3. The molecule has 0 saturated heterocycles. The van der Waals surface area contributed by atoms with Crippen LogP contribution in [0.2, 0.25) is 0 Å². The smallest absolute Gasteiger partial charge is 0.127 e. The second-order valence-electron chi connectivity index (χ2n) is 5.12. The van der Waals surface area contributed by atoms with Crippen molar-refractivity contribution in [1.29, 1.82) is 5.26 Å². The SMILES string of the molecule is CCCNC(C)(C#N)COC(C)CC(C)C. The minimum Gasteiger partial charge on any atom is -0.375 e. The molecule has 0 aromatic carbocycles. The molecule has 0 heterocycles. The van der Waals surface area contributed by atoms with E-state index in [1.807, 2.05) is 6.92 Å². The Morgan fingerprint density at radius 2 is 2.00 bits per heavy atom. The highest BCUT2D eigenvalue weighted by molar-refractivity contribution is 5.03. The molecular weight excluding hydrogens is 200 g/mol. The Hall–Kier alpha value is -0.590. The lowest BCUT2D eigenvalue weighted by molar-refractivity contribution is 0.0266. The molecule has 0 aromatic rings. The number of rotatable bonds is 8. The molecule has 0 radical (unpaired) electrons. The van der Waals surface area contributed by atoms with Gasteiger partial charge >= 0.3 is 0 Å². The van der Waals surface area contributed by atoms with E-state index in [-0.39, 0.29) is 6.10 Å². The lowest BCUT2D eigenvalue weighted by atomic mass is 10.0. The minimum absolute atomic E-state index is 0.219. The molecule has 0 aromatic heterocycles. The van der Waals surface area contributed by atoms with Crippen LogP contribution in [0.5, 0.6) is 0 Å². The van der Waals surface area contributed by atoms with Gasteiger partial charge in [-0.05, 0) is 39.2 Å². The van der Waals surface area contributed by atoms with Crippen molar-refractivity contribution in [3.05, 3.63) is 0 Å². The largest absolute Gasteiger partial charge is 0.375 e. The van der Waals surface area contributed by atoms with Crippen LogP contribution in [-0.4, -0.2) is 24.8 Å². The van der Waals surface area contributed by atoms with E-state index in [9.17, 15) is 0 Å². The van der Waals surface area contributed by atoms with Crippen molar-refractivity contribution in [2.24, 2.45) is 5.92 Å². The molecule has 0 fully saturated rings. The van der Waals surface area contributed by atoms with Gasteiger partial charge < -0.3 is 4.74 Å². The molecule has 0 saturated carbocycles. The van der Waals surface area contributed by atoms with Crippen LogP contribution < -0.4 is 5.32 Å². The van der Waals surface area contributed by atoms with Gasteiger partial charge in [-0.1, -0.05) is 20.8 Å². The first-order chi connectivity index (χ1) is 7.43. The molecule has 3 nitrogen and oxygen atoms in total. The first-order valence-electron chi connectivity index (χ1n) is 6.21. The van der Waals surface area contributed by atoms with E-state index in [0.29, 0.717) is 12.5 Å². The molecular formula is C13H26N2O. The van der Waals surface area contributed by atoms with Gasteiger partial charge in [-0.2, -0.15) is 5.26 Å². The Morgan fingerprint density at radius 1 is 1.38 bits per heavy atom. The molecule has 16 heavy (non-hydrogen) atoms. The van der Waals surface area contributed by atoms with Gasteiger partial charge in [0.2, 0.25) is 0 Å². The highest BCUT2D eigenvalue weighted by Gasteiger charge is 2.24. The van der Waals surface area contributed by atoms with E-state index in [2.05, 4.69) is 39.1 Å². The third-order valence-electron chi connectivity index (χ3n) is 2.47. The van der Waals surface area contributed by atoms with Crippen molar-refractivity contribution < 1.29 is 4.74 Å². The fourth-order valence-corrected chi connectivity index (χ4v) is 1.56. The number of ether oxygens (including phenoxy) is 1. The third kappa shape index (κ3) is 6.81. The second-order valence-corrected chi connectivity index (χ2v) is 5.12. The molecule has 0 spiro atoms. The molecule has 2 unspecified atom stereocenters. The normalized spacial score (nSPS) is 16.8. The van der Waals surface area contributed by atoms with Crippen LogP contribution in [0, 0.1) is 17.2 Å². The van der Waals surface area contributed by atoms with Crippen LogP contribution in [-0.2, 0) is 4.74 Å². The summed E-state index contributed by atoms with van der Waals surface area (Å²) in [7, 11) is 0. The second kappa shape index (κ2) is 7.65. The maximum absolute atomic E-state index is 9.11. The number of nitriles is 1. The molecule has 3 heteroatoms. The Balaban J connectivity index is 3.99. The zero-order chi connectivity index (χ0) is 12.6. The van der Waals surface area contributed by atoms with Gasteiger partial charge in [0.1, 0.15) is 5.54 Å². The van der Waals surface area contributed by atoms with Gasteiger partial charge in [-0.15, -0.1) is 0 Å². The van der Waals surface area contributed by atoms with E-state index in [4.69, 9.17) is 10.00 Å². The van der Waals surface area contributed by atoms with Gasteiger partial charge in [-0.3, -0.25) is 5.32 Å². The minimum atomic E-state index is -0.554. The van der Waals surface area contributed by atoms with E-state index in [1.54, 1.807) is 0 Å². The Bertz CT molecular complexity index is 222. The van der Waals surface area contributed by atoms with Crippen molar-refractivity contribution in [3.63, 3.8) is 0 Å². The Kier molecular flexibility index (Phi) is 7.36. The van der Waals surface area contributed by atoms with Gasteiger partial charge in [0.25, 0.3) is 0 Å². The zero-order valence-corrected chi connectivity index (χ0v) is 11.3. The summed E-state index contributed by atoms with van der Waals surface area (Å²) in [5.74, 6) is 0.631. The van der Waals surface area contributed by atoms with Crippen LogP contribution >= 0.6 is 0 Å². The first kappa shape index (κ1) is 15.4. The van der Waals surface area contributed by atoms with Crippen molar-refractivity contribution in [3.8, 4) is 6.07 Å². The number of nitrogens with zero attached hydrogens (tertiary/aromatic N) is 1. The fraction of sp³-hybridized carbons (Fsp3) is 0.923. The van der Waals surface area contributed by atoms with Crippen molar-refractivity contribution >= 4 is 0 Å². The third-order valence-corrected chi connectivity index (χ3v) is 2.47. The van der Waals surface area contributed by atoms with Crippen LogP contribution in [0.1, 0.15) is 47.5 Å². The highest BCUT2D eigenvalue weighted by Crippen LogP contribution is 2.11. The van der Waals surface area contributed by atoms with Crippen molar-refractivity contribution in [2.45, 2.75) is 59.1 Å². The first-order valence-corrected chi connectivity index (χ1v) is 6.21. The molecule has 0 bridgehead atoms. The van der Waals surface area contributed by atoms with Crippen molar-refractivity contribution in [1.82, 2.24) is 5.32 Å². The molecule has 2 atom stereocenters. The Morgan fingerprint density at radius 3 is 2.44 bits per heavy atom. The molecule has 0 aliphatic carbocycles. The van der Waals surface area contributed by atoms with Crippen molar-refractivity contribution in [2.75, 3.05) is 13.2 Å². The zero-order valence-electron chi connectivity index (χ0n) is 11.3. The molecule has 1 N–H and O–H groups in total. The Labute approximate surface area is 100 Å². The lowest BCUT2D eigenvalue weighted by Gasteiger charge is -2.25. The van der Waals surface area contributed by atoms with E-state index >= 15 is 0 Å². The number of hydrogen-bond acceptors (Lipinski definition) is 3. The summed E-state index contributed by atoms with van der Waals surface area (Å²) in [6, 6.07) is 2.29. The average molecular weight is 226 g/mol. The van der Waals surface area contributed by atoms with E-state index in [1.165, 1.54) is 0 Å². The highest BCUT2D eigenvalue weighted by atomic mass is 16.5. The maximum Gasteiger partial charge on any atom is 0.127 e. The van der Waals surface area contributed by atoms with E-state index < -0.39 is 5.54 Å². The molecule has 0 aliphatic heterocycles. The summed E-state index contributed by atoms with van der Waals surface area (Å²) in [6.07, 6.45) is 2.28. The molecule has 94 valence electrons. The lowest BCUT2D eigenvalue weighted by Crippen LogP contribution is -2.46. The van der Waals surface area contributed by atoms with Gasteiger partial charge in [-0.25, -0.2) is 0 Å². The maximum atomic E-state index is 9.11. The average Bonchev–Trinajstić information content (AvgIpc) is 2.23. The standard InChI is InChI=1S/C13H26N2O/c1-6-7-15-13(5,9-14)10-16-12(4)8-11(2)3/h11-12,15H,6-8,10H2,1-5H3. The van der Waals surface area contributed by atoms with Crippen LogP contribution in [0.25, 0.3) is 0 Å². The van der Waals surface area contributed by atoms with Gasteiger partial charge in [0.15, 0.2) is 0 Å². The van der Waals surface area contributed by atoms with Crippen LogP contribution in [0.3, 0.4) is 0 Å². The molecule has 0 amide bonds. The molecule has 0 aliphatic rings. The topological polar surface area (TPSA) is 45.0 Å². The number of hydrogen-bond donors (Lipinski definition) is 1. The van der Waals surface area contributed by atoms with Gasteiger partial charge in [0.05, 0.1) is 18.8 Å². The quantitative estimate of drug-likeness (QED) is 0.692. The molecule has 0 rings (SSSR count). The monoisotopic (exact) mass is 226 g/mol. The van der Waals surface area contributed by atoms with Crippen LogP contribution in [0.4, 0.5) is 0 Å². The predicted molar refractivity (Wildman–Crippen MR) is 67.2 cm³/mol. The van der Waals surface area contributed by atoms with Gasteiger partial charge in [0, 0.05) is 0 Å². The van der Waals surface area contributed by atoms with E-state index in [0.717, 1.165) is 19.4 Å². The number of nitrogens with one attached hydrogen (secondary N) is 1. The fourth-order valence-electron chi connectivity index (χ4n) is 1.56. The summed E-state index contributed by atoms with van der Waals surface area (Å²) in [5.41, 5.74) is -0.554. The van der Waals surface area contributed by atoms with Crippen LogP contribution in [0.15, 0.2) is 0 Å².